The third-order valence-electron chi connectivity index (χ3n) is 16.5. The molecule has 6 rings (SSSR count). The molecule has 0 heterocycles. The van der Waals surface area contributed by atoms with Crippen molar-refractivity contribution in [3.8, 4) is 0 Å². The molecule has 0 radical (unpaired) electrons. The maximum atomic E-state index is 11.8. The number of carbonyl (C=O) groups excluding carboxylic acids is 7. The summed E-state index contributed by atoms with van der Waals surface area (Å²) >= 11 is 3.44. The second-order valence-electron chi connectivity index (χ2n) is 22.9. The number of carbonyl (C=O) groups is 7. The van der Waals surface area contributed by atoms with Crippen molar-refractivity contribution < 1.29 is 87.9 Å². The summed E-state index contributed by atoms with van der Waals surface area (Å²) < 4.78 is 25.9. The molecule has 5 aliphatic rings. The van der Waals surface area contributed by atoms with Gasteiger partial charge < -0.3 is 64.4 Å². The van der Waals surface area contributed by atoms with Crippen molar-refractivity contribution in [2.24, 2.45) is 29.6 Å². The molecule has 0 bridgehead atoms. The summed E-state index contributed by atoms with van der Waals surface area (Å²) in [7, 11) is 0. The molecule has 5 aliphatic carbocycles. The topological polar surface area (TPSA) is 299 Å². The van der Waals surface area contributed by atoms with Crippen molar-refractivity contribution in [2.45, 2.75) is 230 Å². The Hall–Kier alpha value is -4.15. The fraction of sp³-hybridized carbons (Fsp3) is 0.762. The first kappa shape index (κ1) is 74.9. The van der Waals surface area contributed by atoms with Gasteiger partial charge in [0.25, 0.3) is 0 Å². The van der Waals surface area contributed by atoms with Gasteiger partial charge in [-0.25, -0.2) is 0 Å². The standard InChI is InChI=1S/C19H28BrNO3.C12H22O5.C12H20O3.C11H18O4.C9H14O3/c1-3-24-18(22)16-8-10-19(23,11-9-16)12-13-21-14(2)15-4-6-17(20)7-5-15;1-2-17-11(15)9-3-5-12(16,6-4-9)7-10(14)8-13;1-3-7-12(14)8-5-10(6-9-12)11(13)15-4-2;1-2-15-10(13)9-3-5-11(14,6-4-9)7-8-12;1-2-12-9(11)7-3-5-8(10)6-4-7/h4-7,14,16,21,23H,3,8-13H2,1-2H3;9-10,13-14,16H,2-8H2,1H3;3,10,14H,1,4-9H2,2H3;8-9,14H,2-7H2,1H3;7H,2-6H2,1H3/t14-,16?,19?;;;;/m0..../s1. The van der Waals surface area contributed by atoms with Crippen molar-refractivity contribution in [1.29, 1.82) is 0 Å². The molecule has 5 saturated carbocycles. The van der Waals surface area contributed by atoms with Crippen LogP contribution in [-0.2, 0) is 57.2 Å². The van der Waals surface area contributed by atoms with Crippen LogP contribution in [-0.4, -0.2) is 147 Å². The van der Waals surface area contributed by atoms with E-state index in [-0.39, 0.29) is 90.7 Å². The van der Waals surface area contributed by atoms with Gasteiger partial charge in [-0.3, -0.25) is 28.8 Å². The first-order valence-corrected chi connectivity index (χ1v) is 31.3. The fourth-order valence-electron chi connectivity index (χ4n) is 11.2. The van der Waals surface area contributed by atoms with Crippen molar-refractivity contribution in [3.05, 3.63) is 47.0 Å². The lowest BCUT2D eigenvalue weighted by Gasteiger charge is -2.36. The first-order chi connectivity index (χ1) is 39.4. The average Bonchev–Trinajstić information content (AvgIpc) is 3.48. The highest BCUT2D eigenvalue weighted by Crippen LogP contribution is 2.38. The lowest BCUT2D eigenvalue weighted by molar-refractivity contribution is -0.152. The summed E-state index contributed by atoms with van der Waals surface area (Å²) in [6.45, 7) is 17.2. The van der Waals surface area contributed by atoms with Gasteiger partial charge in [0.1, 0.15) is 12.1 Å². The van der Waals surface area contributed by atoms with Gasteiger partial charge in [0.05, 0.1) is 97.7 Å². The Balaban J connectivity index is 0.000000362. The largest absolute Gasteiger partial charge is 0.466 e. The molecule has 0 amide bonds. The highest BCUT2D eigenvalue weighted by Gasteiger charge is 2.40. The van der Waals surface area contributed by atoms with Crippen LogP contribution in [0.15, 0.2) is 41.4 Å². The van der Waals surface area contributed by atoms with E-state index in [1.165, 1.54) is 5.56 Å². The summed E-state index contributed by atoms with van der Waals surface area (Å²) in [5, 5.41) is 62.5. The van der Waals surface area contributed by atoms with E-state index in [0.717, 1.165) is 43.0 Å². The predicted octanol–water partition coefficient (Wildman–Crippen LogP) is 8.60. The van der Waals surface area contributed by atoms with Gasteiger partial charge >= 0.3 is 29.8 Å². The predicted molar refractivity (Wildman–Crippen MR) is 316 cm³/mol. The van der Waals surface area contributed by atoms with E-state index in [0.29, 0.717) is 149 Å². The van der Waals surface area contributed by atoms with Gasteiger partial charge in [-0.05, 0) is 194 Å². The van der Waals surface area contributed by atoms with Crippen LogP contribution in [0, 0.1) is 29.6 Å². The summed E-state index contributed by atoms with van der Waals surface area (Å²) in [6, 6.07) is 8.52. The number of esters is 5. The quantitative estimate of drug-likeness (QED) is 0.0247. The number of halogens is 1. The van der Waals surface area contributed by atoms with E-state index in [9.17, 15) is 59.1 Å². The molecule has 19 nitrogen and oxygen atoms in total. The Morgan fingerprint density at radius 2 is 0.904 bits per heavy atom. The molecular weight excluding hydrogens is 1140 g/mol. The number of ketones is 1. The van der Waals surface area contributed by atoms with Crippen LogP contribution in [0.2, 0.25) is 0 Å². The number of aliphatic hydroxyl groups is 6. The number of aliphatic hydroxyl groups excluding tert-OH is 2. The van der Waals surface area contributed by atoms with Gasteiger partial charge in [-0.15, -0.1) is 6.58 Å². The van der Waals surface area contributed by atoms with Gasteiger partial charge in [-0.1, -0.05) is 34.1 Å². The van der Waals surface area contributed by atoms with E-state index in [1.807, 2.05) is 26.0 Å². The van der Waals surface area contributed by atoms with Gasteiger partial charge in [-0.2, -0.15) is 0 Å². The second kappa shape index (κ2) is 39.5. The van der Waals surface area contributed by atoms with E-state index in [2.05, 4.69) is 46.9 Å². The SMILES string of the molecule is C=CCC1(O)CCC(C(=O)OCC)CC1.CCOC(=O)C1CCC(=O)CC1.CCOC(=O)C1CCC(O)(CC(O)CO)CC1.CCOC(=O)C1CCC(O)(CC=O)CC1.CCOC(=O)C1CCC(O)(CCN[C@@H](C)c2ccc(Br)cc2)CC1. The minimum atomic E-state index is -0.953. The number of hydrogen-bond acceptors (Lipinski definition) is 19. The second-order valence-corrected chi connectivity index (χ2v) is 23.9. The fourth-order valence-corrected chi connectivity index (χ4v) is 11.5. The highest BCUT2D eigenvalue weighted by molar-refractivity contribution is 9.10. The molecule has 0 aromatic heterocycles. The van der Waals surface area contributed by atoms with Crippen LogP contribution in [0.3, 0.4) is 0 Å². The molecule has 0 spiro atoms. The molecule has 83 heavy (non-hydrogen) atoms. The Morgan fingerprint density at radius 1 is 0.578 bits per heavy atom. The summed E-state index contributed by atoms with van der Waals surface area (Å²) in [5.74, 6) is -0.779. The Labute approximate surface area is 501 Å². The molecule has 5 fully saturated rings. The minimum absolute atomic E-state index is 0.0185. The maximum absolute atomic E-state index is 11.8. The third-order valence-corrected chi connectivity index (χ3v) is 17.1. The average molecular weight is 1240 g/mol. The van der Waals surface area contributed by atoms with Gasteiger partial charge in [0.2, 0.25) is 0 Å². The van der Waals surface area contributed by atoms with Crippen LogP contribution >= 0.6 is 15.9 Å². The van der Waals surface area contributed by atoms with E-state index in [4.69, 9.17) is 28.8 Å². The zero-order valence-electron chi connectivity index (χ0n) is 50.6. The maximum Gasteiger partial charge on any atom is 0.308 e. The number of nitrogens with one attached hydrogen (secondary N) is 1. The number of benzene rings is 1. The molecule has 474 valence electrons. The molecular formula is C63H102BrNO18. The molecule has 0 saturated heterocycles. The highest BCUT2D eigenvalue weighted by atomic mass is 79.9. The van der Waals surface area contributed by atoms with Crippen LogP contribution < -0.4 is 5.32 Å². The van der Waals surface area contributed by atoms with Crippen LogP contribution in [0.5, 0.6) is 0 Å². The Kier molecular flexibility index (Phi) is 35.7. The van der Waals surface area contributed by atoms with Crippen molar-refractivity contribution in [1.82, 2.24) is 5.32 Å². The van der Waals surface area contributed by atoms with E-state index < -0.39 is 28.5 Å². The van der Waals surface area contributed by atoms with E-state index >= 15 is 0 Å². The van der Waals surface area contributed by atoms with Crippen LogP contribution in [0.25, 0.3) is 0 Å². The molecule has 0 aliphatic heterocycles. The van der Waals surface area contributed by atoms with Crippen molar-refractivity contribution in [2.75, 3.05) is 46.2 Å². The Bertz CT molecular complexity index is 2010. The smallest absolute Gasteiger partial charge is 0.308 e. The molecule has 2 atom stereocenters. The molecule has 1 aromatic carbocycles. The number of ether oxygens (including phenoxy) is 5. The minimum Gasteiger partial charge on any atom is -0.466 e. The number of rotatable bonds is 22. The lowest BCUT2D eigenvalue weighted by Crippen LogP contribution is -2.40. The van der Waals surface area contributed by atoms with Crippen molar-refractivity contribution in [3.63, 3.8) is 0 Å². The van der Waals surface area contributed by atoms with Crippen LogP contribution in [0.1, 0.15) is 207 Å². The monoisotopic (exact) mass is 1240 g/mol. The normalized spacial score (nSPS) is 27.6. The summed E-state index contributed by atoms with van der Waals surface area (Å²) in [5.41, 5.74) is -1.90. The number of aldehydes is 1. The van der Waals surface area contributed by atoms with Crippen molar-refractivity contribution >= 4 is 57.8 Å². The summed E-state index contributed by atoms with van der Waals surface area (Å²) in [6.07, 6.45) is 15.6. The molecule has 1 aromatic rings. The molecule has 20 heteroatoms. The van der Waals surface area contributed by atoms with Gasteiger partial charge in [0.15, 0.2) is 0 Å². The van der Waals surface area contributed by atoms with Crippen LogP contribution in [0.4, 0.5) is 0 Å². The van der Waals surface area contributed by atoms with Gasteiger partial charge in [0, 0.05) is 36.2 Å². The third kappa shape index (κ3) is 28.7. The zero-order chi connectivity index (χ0) is 62.1. The van der Waals surface area contributed by atoms with E-state index in [1.54, 1.807) is 26.8 Å². The number of Topliss-reactive ketones (excluding diaryl/α,β-unsaturated/α-hetero) is 1. The Morgan fingerprint density at radius 3 is 1.23 bits per heavy atom. The summed E-state index contributed by atoms with van der Waals surface area (Å²) in [4.78, 5) is 78.5. The molecule has 1 unspecified atom stereocenters. The lowest BCUT2D eigenvalue weighted by atomic mass is 9.76. The molecule has 7 N–H and O–H groups in total. The zero-order valence-corrected chi connectivity index (χ0v) is 52.2. The number of hydrogen-bond donors (Lipinski definition) is 7. The first-order valence-electron chi connectivity index (χ1n) is 30.5.